The molecule has 5 heteroatoms. The largest absolute Gasteiger partial charge is 0.377 e. The zero-order valence-electron chi connectivity index (χ0n) is 14.8. The Morgan fingerprint density at radius 2 is 2.21 bits per heavy atom. The van der Waals surface area contributed by atoms with Gasteiger partial charge in [-0.25, -0.2) is 4.79 Å². The number of ether oxygens (including phenoxy) is 1. The van der Waals surface area contributed by atoms with Crippen LogP contribution in [-0.2, 0) is 11.2 Å². The van der Waals surface area contributed by atoms with Gasteiger partial charge in [0.25, 0.3) is 0 Å². The van der Waals surface area contributed by atoms with Gasteiger partial charge in [0.05, 0.1) is 6.10 Å². The summed E-state index contributed by atoms with van der Waals surface area (Å²) >= 11 is 0. The van der Waals surface area contributed by atoms with E-state index in [1.54, 1.807) is 0 Å². The predicted molar refractivity (Wildman–Crippen MR) is 95.6 cm³/mol. The number of carbonyl (C=O) groups is 1. The summed E-state index contributed by atoms with van der Waals surface area (Å²) in [7, 11) is 2.12. The number of hydrogen-bond donors (Lipinski definition) is 2. The minimum absolute atomic E-state index is 0.0110. The number of benzene rings is 1. The highest BCUT2D eigenvalue weighted by Gasteiger charge is 2.59. The number of nitrogens with zero attached hydrogens (tertiary/aromatic N) is 1. The van der Waals surface area contributed by atoms with Gasteiger partial charge in [-0.2, -0.15) is 0 Å². The van der Waals surface area contributed by atoms with Gasteiger partial charge in [0.15, 0.2) is 0 Å². The van der Waals surface area contributed by atoms with Crippen molar-refractivity contribution in [2.75, 3.05) is 30.4 Å². The summed E-state index contributed by atoms with van der Waals surface area (Å²) in [5, 5.41) is 6.19. The Labute approximate surface area is 143 Å². The summed E-state index contributed by atoms with van der Waals surface area (Å²) in [5.74, 6) is 0.461. The first-order valence-corrected chi connectivity index (χ1v) is 9.00. The lowest BCUT2D eigenvalue weighted by Crippen LogP contribution is -2.67. The van der Waals surface area contributed by atoms with E-state index < -0.39 is 0 Å². The maximum absolute atomic E-state index is 12.5. The van der Waals surface area contributed by atoms with Gasteiger partial charge in [0.2, 0.25) is 0 Å². The first-order valence-electron chi connectivity index (χ1n) is 9.00. The van der Waals surface area contributed by atoms with E-state index >= 15 is 0 Å². The van der Waals surface area contributed by atoms with Crippen LogP contribution in [0.15, 0.2) is 18.2 Å². The average molecular weight is 329 g/mol. The zero-order chi connectivity index (χ0) is 16.9. The van der Waals surface area contributed by atoms with Crippen LogP contribution in [0.25, 0.3) is 0 Å². The van der Waals surface area contributed by atoms with E-state index in [0.29, 0.717) is 12.0 Å². The van der Waals surface area contributed by atoms with Crippen molar-refractivity contribution in [1.29, 1.82) is 0 Å². The molecule has 3 aliphatic rings. The minimum Gasteiger partial charge on any atom is -0.377 e. The number of fused-ring (bicyclic) bond motifs is 2. The first-order chi connectivity index (χ1) is 11.5. The molecule has 2 aliphatic heterocycles. The number of aryl methyl sites for hydroxylation is 1. The second kappa shape index (κ2) is 5.66. The summed E-state index contributed by atoms with van der Waals surface area (Å²) in [6.07, 6.45) is 3.58. The highest BCUT2D eigenvalue weighted by Crippen LogP contribution is 2.52. The molecule has 5 nitrogen and oxygen atoms in total. The summed E-state index contributed by atoms with van der Waals surface area (Å²) in [5.41, 5.74) is 3.47. The van der Waals surface area contributed by atoms with Gasteiger partial charge >= 0.3 is 6.03 Å². The molecule has 0 bridgehead atoms. The van der Waals surface area contributed by atoms with E-state index in [1.165, 1.54) is 17.7 Å². The summed E-state index contributed by atoms with van der Waals surface area (Å²) < 4.78 is 5.79. The molecule has 1 aromatic carbocycles. The first kappa shape index (κ1) is 15.8. The number of hydrogen-bond acceptors (Lipinski definition) is 3. The number of carbonyl (C=O) groups excluding carboxylic acids is 1. The molecule has 1 saturated heterocycles. The van der Waals surface area contributed by atoms with Gasteiger partial charge in [0.1, 0.15) is 0 Å². The van der Waals surface area contributed by atoms with Gasteiger partial charge in [-0.15, -0.1) is 0 Å². The Balaban J connectivity index is 1.42. The van der Waals surface area contributed by atoms with Crippen LogP contribution in [-0.4, -0.2) is 38.4 Å². The number of rotatable bonds is 2. The van der Waals surface area contributed by atoms with Crippen molar-refractivity contribution in [1.82, 2.24) is 5.32 Å². The van der Waals surface area contributed by atoms with Crippen LogP contribution in [0.2, 0.25) is 0 Å². The van der Waals surface area contributed by atoms with E-state index in [2.05, 4.69) is 48.6 Å². The lowest BCUT2D eigenvalue weighted by molar-refractivity contribution is -0.107. The molecule has 1 aromatic rings. The van der Waals surface area contributed by atoms with Crippen molar-refractivity contribution >= 4 is 17.4 Å². The molecule has 130 valence electrons. The molecule has 0 spiro atoms. The monoisotopic (exact) mass is 329 g/mol. The molecule has 24 heavy (non-hydrogen) atoms. The third kappa shape index (κ3) is 2.46. The fraction of sp³-hybridized carbons (Fsp3) is 0.632. The van der Waals surface area contributed by atoms with Crippen molar-refractivity contribution < 1.29 is 9.53 Å². The van der Waals surface area contributed by atoms with E-state index in [0.717, 1.165) is 31.7 Å². The topological polar surface area (TPSA) is 53.6 Å². The molecule has 0 unspecified atom stereocenters. The molecule has 0 radical (unpaired) electrons. The maximum Gasteiger partial charge on any atom is 0.319 e. The SMILES string of the molecule is CN1CCCc2cc(NC(=O)N[C@@H]3[C@H]4CCO[C@H]4C3(C)C)ccc21. The standard InChI is InChI=1S/C19H27N3O2/c1-19(2)16(14-8-10-24-17(14)19)21-18(23)20-13-6-7-15-12(11-13)5-4-9-22(15)3/h6-7,11,14,16-17H,4-5,8-10H2,1-3H3,(H2,20,21,23)/t14-,16-,17-/m1/s1. The second-order valence-electron chi connectivity index (χ2n) is 8.01. The molecule has 2 heterocycles. The quantitative estimate of drug-likeness (QED) is 0.877. The normalized spacial score (nSPS) is 30.1. The number of amides is 2. The van der Waals surface area contributed by atoms with Gasteiger partial charge in [-0.3, -0.25) is 0 Å². The van der Waals surface area contributed by atoms with E-state index in [-0.39, 0.29) is 17.5 Å². The van der Waals surface area contributed by atoms with Gasteiger partial charge < -0.3 is 20.3 Å². The summed E-state index contributed by atoms with van der Waals surface area (Å²) in [6.45, 7) is 6.27. The number of urea groups is 1. The average Bonchev–Trinajstić information content (AvgIpc) is 3.00. The molecule has 2 fully saturated rings. The Kier molecular flexibility index (Phi) is 3.71. The van der Waals surface area contributed by atoms with E-state index in [1.807, 2.05) is 6.07 Å². The minimum atomic E-state index is -0.109. The van der Waals surface area contributed by atoms with Crippen LogP contribution < -0.4 is 15.5 Å². The molecular formula is C19H27N3O2. The smallest absolute Gasteiger partial charge is 0.319 e. The fourth-order valence-electron chi connectivity index (χ4n) is 4.79. The molecule has 2 amide bonds. The molecule has 3 atom stereocenters. The Morgan fingerprint density at radius 3 is 3.04 bits per heavy atom. The third-order valence-electron chi connectivity index (χ3n) is 6.08. The van der Waals surface area contributed by atoms with Crippen LogP contribution in [0.4, 0.5) is 16.2 Å². The molecule has 4 rings (SSSR count). The molecular weight excluding hydrogens is 302 g/mol. The maximum atomic E-state index is 12.5. The number of nitrogens with one attached hydrogen (secondary N) is 2. The highest BCUT2D eigenvalue weighted by atomic mass is 16.5. The van der Waals surface area contributed by atoms with Crippen molar-refractivity contribution in [3.8, 4) is 0 Å². The van der Waals surface area contributed by atoms with Gasteiger partial charge in [0, 0.05) is 48.9 Å². The highest BCUT2D eigenvalue weighted by molar-refractivity contribution is 5.90. The van der Waals surface area contributed by atoms with Crippen molar-refractivity contribution in [3.05, 3.63) is 23.8 Å². The van der Waals surface area contributed by atoms with Crippen molar-refractivity contribution in [2.45, 2.75) is 45.3 Å². The lowest BCUT2D eigenvalue weighted by Gasteiger charge is -2.54. The lowest BCUT2D eigenvalue weighted by atomic mass is 9.57. The fourth-order valence-corrected chi connectivity index (χ4v) is 4.79. The van der Waals surface area contributed by atoms with Crippen LogP contribution in [0.5, 0.6) is 0 Å². The van der Waals surface area contributed by atoms with Crippen molar-refractivity contribution in [3.63, 3.8) is 0 Å². The summed E-state index contributed by atoms with van der Waals surface area (Å²) in [6, 6.07) is 6.29. The van der Waals surface area contributed by atoms with Gasteiger partial charge in [-0.05, 0) is 43.0 Å². The van der Waals surface area contributed by atoms with E-state index in [4.69, 9.17) is 4.74 Å². The van der Waals surface area contributed by atoms with Crippen LogP contribution >= 0.6 is 0 Å². The molecule has 1 saturated carbocycles. The Morgan fingerprint density at radius 1 is 1.38 bits per heavy atom. The predicted octanol–water partition coefficient (Wildman–Crippen LogP) is 3.00. The van der Waals surface area contributed by atoms with Crippen LogP contribution in [0, 0.1) is 11.3 Å². The molecule has 2 N–H and O–H groups in total. The third-order valence-corrected chi connectivity index (χ3v) is 6.08. The van der Waals surface area contributed by atoms with Crippen molar-refractivity contribution in [2.24, 2.45) is 11.3 Å². The van der Waals surface area contributed by atoms with E-state index in [9.17, 15) is 4.79 Å². The van der Waals surface area contributed by atoms with Crippen LogP contribution in [0.1, 0.15) is 32.3 Å². The molecule has 0 aromatic heterocycles. The molecule has 1 aliphatic carbocycles. The Hall–Kier alpha value is -1.75. The van der Waals surface area contributed by atoms with Crippen LogP contribution in [0.3, 0.4) is 0 Å². The second-order valence-corrected chi connectivity index (χ2v) is 8.01. The summed E-state index contributed by atoms with van der Waals surface area (Å²) in [4.78, 5) is 14.7. The zero-order valence-corrected chi connectivity index (χ0v) is 14.8. The Bertz CT molecular complexity index is 658. The van der Waals surface area contributed by atoms with Gasteiger partial charge in [-0.1, -0.05) is 13.8 Å². The number of anilines is 2.